The number of benzene rings is 1. The summed E-state index contributed by atoms with van der Waals surface area (Å²) < 4.78 is 1.08. The van der Waals surface area contributed by atoms with Gasteiger partial charge in [0.2, 0.25) is 0 Å². The first-order chi connectivity index (χ1) is 12.1. The lowest BCUT2D eigenvalue weighted by atomic mass is 10.2. The van der Waals surface area contributed by atoms with Gasteiger partial charge in [-0.15, -0.1) is 11.3 Å². The van der Waals surface area contributed by atoms with E-state index >= 15 is 0 Å². The number of para-hydroxylation sites is 1. The molecule has 3 heterocycles. The minimum absolute atomic E-state index is 0.176. The summed E-state index contributed by atoms with van der Waals surface area (Å²) in [6.07, 6.45) is 2.44. The van der Waals surface area contributed by atoms with Crippen molar-refractivity contribution in [1.29, 1.82) is 0 Å². The fourth-order valence-electron chi connectivity index (χ4n) is 3.28. The molecule has 1 saturated heterocycles. The Kier molecular flexibility index (Phi) is 4.50. The summed E-state index contributed by atoms with van der Waals surface area (Å²) in [4.78, 5) is 23.0. The number of hydrogen-bond donors (Lipinski definition) is 2. The molecule has 1 aliphatic rings. The molecule has 0 spiro atoms. The van der Waals surface area contributed by atoms with Gasteiger partial charge in [-0.2, -0.15) is 0 Å². The van der Waals surface area contributed by atoms with E-state index in [1.165, 1.54) is 12.8 Å². The van der Waals surface area contributed by atoms with Gasteiger partial charge in [-0.1, -0.05) is 23.7 Å². The van der Waals surface area contributed by atoms with Gasteiger partial charge in [-0.25, -0.2) is 4.98 Å². The predicted octanol–water partition coefficient (Wildman–Crippen LogP) is 4.43. The lowest BCUT2D eigenvalue weighted by Gasteiger charge is -2.15. The third-order valence-corrected chi connectivity index (χ3v) is 5.84. The van der Waals surface area contributed by atoms with Crippen LogP contribution < -0.4 is 5.32 Å². The number of aromatic nitrogens is 2. The minimum Gasteiger partial charge on any atom is -0.334 e. The van der Waals surface area contributed by atoms with Crippen LogP contribution >= 0.6 is 22.9 Å². The maximum atomic E-state index is 12.9. The number of halogens is 1. The molecule has 5 nitrogen and oxygen atoms in total. The number of aryl methyl sites for hydroxylation is 1. The zero-order chi connectivity index (χ0) is 17.4. The van der Waals surface area contributed by atoms with E-state index in [2.05, 4.69) is 20.2 Å². The molecule has 0 aliphatic carbocycles. The van der Waals surface area contributed by atoms with E-state index in [-0.39, 0.29) is 5.91 Å². The Bertz CT molecular complexity index is 926. The number of carbonyl (C=O) groups is 1. The van der Waals surface area contributed by atoms with Crippen LogP contribution in [-0.2, 0) is 6.54 Å². The molecule has 1 aliphatic heterocycles. The summed E-state index contributed by atoms with van der Waals surface area (Å²) in [7, 11) is 0. The number of nitrogens with zero attached hydrogens (tertiary/aromatic N) is 2. The topological polar surface area (TPSA) is 61.0 Å². The second-order valence-corrected chi connectivity index (χ2v) is 7.92. The molecule has 0 unspecified atom stereocenters. The Balaban J connectivity index is 1.68. The molecule has 1 amide bonds. The van der Waals surface area contributed by atoms with Crippen LogP contribution in [0.4, 0.5) is 5.69 Å². The lowest BCUT2D eigenvalue weighted by molar-refractivity contribution is 0.102. The number of hydrogen-bond acceptors (Lipinski definition) is 4. The summed E-state index contributed by atoms with van der Waals surface area (Å²) in [5, 5.41) is 4.44. The third-order valence-electron chi connectivity index (χ3n) is 4.48. The maximum absolute atomic E-state index is 12.9. The Morgan fingerprint density at radius 1 is 1.36 bits per heavy atom. The standard InChI is InChI=1S/C18H19ClN4OS/c1-11-20-17-16(25-11)12(10-23-8-4-5-9-23)15(22-17)18(24)21-14-7-3-2-6-13(14)19/h2-3,6-7,22H,4-5,8-10H2,1H3,(H,21,24). The number of carbonyl (C=O) groups excluding carboxylic acids is 1. The van der Waals surface area contributed by atoms with E-state index in [9.17, 15) is 4.79 Å². The molecule has 3 aromatic rings. The lowest BCUT2D eigenvalue weighted by Crippen LogP contribution is -2.21. The SMILES string of the molecule is Cc1nc2[nH]c(C(=O)Nc3ccccc3Cl)c(CN3CCCC3)c2s1. The summed E-state index contributed by atoms with van der Waals surface area (Å²) in [5.41, 5.74) is 3.03. The van der Waals surface area contributed by atoms with Crippen LogP contribution in [0.15, 0.2) is 24.3 Å². The average molecular weight is 375 g/mol. The second-order valence-electron chi connectivity index (χ2n) is 6.31. The van der Waals surface area contributed by atoms with Crippen molar-refractivity contribution < 1.29 is 4.79 Å². The Morgan fingerprint density at radius 3 is 2.88 bits per heavy atom. The summed E-state index contributed by atoms with van der Waals surface area (Å²) in [6.45, 7) is 4.92. The number of thiazole rings is 1. The number of anilines is 1. The van der Waals surface area contributed by atoms with Crippen LogP contribution in [0.3, 0.4) is 0 Å². The molecule has 2 aromatic heterocycles. The van der Waals surface area contributed by atoms with Gasteiger partial charge in [-0.3, -0.25) is 9.69 Å². The quantitative estimate of drug-likeness (QED) is 0.709. The normalized spacial score (nSPS) is 15.1. The van der Waals surface area contributed by atoms with Crippen LogP contribution in [0.25, 0.3) is 10.3 Å². The smallest absolute Gasteiger partial charge is 0.272 e. The molecular formula is C18H19ClN4OS. The summed E-state index contributed by atoms with van der Waals surface area (Å²) in [5.74, 6) is -0.176. The monoisotopic (exact) mass is 374 g/mol. The van der Waals surface area contributed by atoms with Gasteiger partial charge >= 0.3 is 0 Å². The van der Waals surface area contributed by atoms with Crippen LogP contribution in [0.5, 0.6) is 0 Å². The summed E-state index contributed by atoms with van der Waals surface area (Å²) in [6, 6.07) is 7.26. The van der Waals surface area contributed by atoms with E-state index < -0.39 is 0 Å². The Labute approximate surface area is 155 Å². The van der Waals surface area contributed by atoms with E-state index in [1.54, 1.807) is 23.5 Å². The highest BCUT2D eigenvalue weighted by molar-refractivity contribution is 7.18. The van der Waals surface area contributed by atoms with E-state index in [0.717, 1.165) is 40.6 Å². The first-order valence-electron chi connectivity index (χ1n) is 8.38. The number of fused-ring (bicyclic) bond motifs is 1. The number of rotatable bonds is 4. The number of likely N-dealkylation sites (tertiary alicyclic amines) is 1. The largest absolute Gasteiger partial charge is 0.334 e. The van der Waals surface area contributed by atoms with Crippen molar-refractivity contribution in [2.45, 2.75) is 26.3 Å². The number of amides is 1. The van der Waals surface area contributed by atoms with Gasteiger partial charge in [0, 0.05) is 12.1 Å². The first-order valence-corrected chi connectivity index (χ1v) is 9.57. The van der Waals surface area contributed by atoms with E-state index in [4.69, 9.17) is 11.6 Å². The van der Waals surface area contributed by atoms with Crippen molar-refractivity contribution >= 4 is 44.9 Å². The molecule has 25 heavy (non-hydrogen) atoms. The molecule has 1 fully saturated rings. The van der Waals surface area contributed by atoms with Gasteiger partial charge in [0.05, 0.1) is 20.4 Å². The van der Waals surface area contributed by atoms with Crippen molar-refractivity contribution in [1.82, 2.24) is 14.9 Å². The second kappa shape index (κ2) is 6.78. The molecule has 4 rings (SSSR count). The highest BCUT2D eigenvalue weighted by atomic mass is 35.5. The van der Waals surface area contributed by atoms with E-state index in [1.807, 2.05) is 19.1 Å². The molecule has 1 aromatic carbocycles. The van der Waals surface area contributed by atoms with Crippen LogP contribution in [-0.4, -0.2) is 33.9 Å². The van der Waals surface area contributed by atoms with Crippen molar-refractivity contribution in [3.8, 4) is 0 Å². The predicted molar refractivity (Wildman–Crippen MR) is 103 cm³/mol. The van der Waals surface area contributed by atoms with Crippen molar-refractivity contribution in [3.05, 3.63) is 45.6 Å². The molecule has 0 saturated carbocycles. The molecule has 130 valence electrons. The van der Waals surface area contributed by atoms with Crippen molar-refractivity contribution in [3.63, 3.8) is 0 Å². The van der Waals surface area contributed by atoms with Crippen LogP contribution in [0.1, 0.15) is 33.9 Å². The van der Waals surface area contributed by atoms with Gasteiger partial charge in [0.15, 0.2) is 0 Å². The van der Waals surface area contributed by atoms with Crippen LogP contribution in [0, 0.1) is 6.92 Å². The van der Waals surface area contributed by atoms with Gasteiger partial charge < -0.3 is 10.3 Å². The van der Waals surface area contributed by atoms with Crippen molar-refractivity contribution in [2.75, 3.05) is 18.4 Å². The molecule has 7 heteroatoms. The summed E-state index contributed by atoms with van der Waals surface area (Å²) >= 11 is 7.80. The highest BCUT2D eigenvalue weighted by Gasteiger charge is 2.24. The molecule has 0 atom stereocenters. The van der Waals surface area contributed by atoms with Crippen molar-refractivity contribution in [2.24, 2.45) is 0 Å². The third kappa shape index (κ3) is 3.29. The Morgan fingerprint density at radius 2 is 2.12 bits per heavy atom. The maximum Gasteiger partial charge on any atom is 0.272 e. The first kappa shape index (κ1) is 16.6. The van der Waals surface area contributed by atoms with Gasteiger partial charge in [0.1, 0.15) is 11.3 Å². The molecular weight excluding hydrogens is 356 g/mol. The number of nitrogens with one attached hydrogen (secondary N) is 2. The van der Waals surface area contributed by atoms with Gasteiger partial charge in [-0.05, 0) is 45.0 Å². The van der Waals surface area contributed by atoms with E-state index in [0.29, 0.717) is 16.4 Å². The minimum atomic E-state index is -0.176. The average Bonchev–Trinajstić information content (AvgIpc) is 3.28. The Hall–Kier alpha value is -1.89. The molecule has 0 radical (unpaired) electrons. The fraction of sp³-hybridized carbons (Fsp3) is 0.333. The van der Waals surface area contributed by atoms with Gasteiger partial charge in [0.25, 0.3) is 5.91 Å². The fourth-order valence-corrected chi connectivity index (χ4v) is 4.38. The molecule has 0 bridgehead atoms. The highest BCUT2D eigenvalue weighted by Crippen LogP contribution is 2.31. The van der Waals surface area contributed by atoms with Crippen LogP contribution in [0.2, 0.25) is 5.02 Å². The number of aromatic amines is 1. The zero-order valence-corrected chi connectivity index (χ0v) is 15.5. The molecule has 2 N–H and O–H groups in total. The number of H-pyrrole nitrogens is 1. The zero-order valence-electron chi connectivity index (χ0n) is 13.9.